The molecule has 5 nitrogen and oxygen atoms in total. The predicted molar refractivity (Wildman–Crippen MR) is 71.8 cm³/mol. The van der Waals surface area contributed by atoms with E-state index in [9.17, 15) is 15.0 Å². The first-order valence-corrected chi connectivity index (χ1v) is 6.79. The largest absolute Gasteiger partial charge is 0.508 e. The molecule has 3 N–H and O–H groups in total. The summed E-state index contributed by atoms with van der Waals surface area (Å²) in [5.74, 6) is -0.152. The van der Waals surface area contributed by atoms with E-state index in [0.717, 1.165) is 18.5 Å². The fourth-order valence-corrected chi connectivity index (χ4v) is 2.59. The maximum Gasteiger partial charge on any atom is 0.257 e. The summed E-state index contributed by atoms with van der Waals surface area (Å²) in [5.41, 5.74) is 1.22. The lowest BCUT2D eigenvalue weighted by molar-refractivity contribution is 0.102. The van der Waals surface area contributed by atoms with Crippen molar-refractivity contribution in [3.63, 3.8) is 0 Å². The molecule has 0 radical (unpaired) electrons. The zero-order valence-corrected chi connectivity index (χ0v) is 10.8. The van der Waals surface area contributed by atoms with Gasteiger partial charge in [0.15, 0.2) is 5.13 Å². The number of nitrogens with zero attached hydrogens (tertiary/aromatic N) is 1. The van der Waals surface area contributed by atoms with Gasteiger partial charge in [0.05, 0.1) is 5.69 Å². The smallest absolute Gasteiger partial charge is 0.257 e. The van der Waals surface area contributed by atoms with Crippen molar-refractivity contribution in [3.8, 4) is 11.5 Å². The second-order valence-electron chi connectivity index (χ2n) is 4.54. The van der Waals surface area contributed by atoms with Gasteiger partial charge in [-0.1, -0.05) is 0 Å². The molecule has 19 heavy (non-hydrogen) atoms. The summed E-state index contributed by atoms with van der Waals surface area (Å²) in [7, 11) is 0. The standard InChI is InChI=1S/C13H12N2O3S/c16-9-3-8(4-10(17)5-9)12(18)15-13-14-11(6-19-13)7-1-2-7/h3-7,16-17H,1-2H2,(H,14,15,18). The third-order valence-electron chi connectivity index (χ3n) is 2.90. The van der Waals surface area contributed by atoms with Gasteiger partial charge in [-0.3, -0.25) is 10.1 Å². The molecule has 98 valence electrons. The summed E-state index contributed by atoms with van der Waals surface area (Å²) >= 11 is 1.38. The van der Waals surface area contributed by atoms with Crippen LogP contribution >= 0.6 is 11.3 Å². The predicted octanol–water partition coefficient (Wildman–Crippen LogP) is 2.68. The maximum absolute atomic E-state index is 11.9. The van der Waals surface area contributed by atoms with E-state index in [0.29, 0.717) is 11.0 Å². The molecule has 0 bridgehead atoms. The molecule has 0 aliphatic heterocycles. The highest BCUT2D eigenvalue weighted by molar-refractivity contribution is 7.14. The number of aromatic hydroxyl groups is 2. The first-order chi connectivity index (χ1) is 9.11. The number of phenols is 2. The average molecular weight is 276 g/mol. The molecule has 0 spiro atoms. The lowest BCUT2D eigenvalue weighted by Gasteiger charge is -2.03. The molecule has 1 heterocycles. The topological polar surface area (TPSA) is 82.5 Å². The van der Waals surface area contributed by atoms with E-state index < -0.39 is 5.91 Å². The van der Waals surface area contributed by atoms with Gasteiger partial charge in [-0.05, 0) is 25.0 Å². The summed E-state index contributed by atoms with van der Waals surface area (Å²) in [6.07, 6.45) is 2.33. The minimum Gasteiger partial charge on any atom is -0.508 e. The fourth-order valence-electron chi connectivity index (χ4n) is 1.81. The Balaban J connectivity index is 1.75. The van der Waals surface area contributed by atoms with Crippen LogP contribution in [0.5, 0.6) is 11.5 Å². The van der Waals surface area contributed by atoms with Gasteiger partial charge >= 0.3 is 0 Å². The second kappa shape index (κ2) is 4.55. The van der Waals surface area contributed by atoms with Crippen molar-refractivity contribution in [2.75, 3.05) is 5.32 Å². The number of amides is 1. The van der Waals surface area contributed by atoms with Crippen LogP contribution in [-0.4, -0.2) is 21.1 Å². The van der Waals surface area contributed by atoms with E-state index in [1.165, 1.54) is 29.5 Å². The number of aromatic nitrogens is 1. The Labute approximate surface area is 113 Å². The molecule has 1 aromatic carbocycles. The molecule has 2 aromatic rings. The van der Waals surface area contributed by atoms with Crippen molar-refractivity contribution < 1.29 is 15.0 Å². The summed E-state index contributed by atoms with van der Waals surface area (Å²) in [6.45, 7) is 0. The van der Waals surface area contributed by atoms with Crippen LogP contribution in [0.25, 0.3) is 0 Å². The number of thiazole rings is 1. The summed E-state index contributed by atoms with van der Waals surface area (Å²) in [4.78, 5) is 16.3. The zero-order chi connectivity index (χ0) is 13.4. The van der Waals surface area contributed by atoms with Crippen molar-refractivity contribution in [2.45, 2.75) is 18.8 Å². The molecule has 1 amide bonds. The Morgan fingerprint density at radius 1 is 1.26 bits per heavy atom. The number of nitrogens with one attached hydrogen (secondary N) is 1. The Morgan fingerprint density at radius 3 is 2.58 bits per heavy atom. The van der Waals surface area contributed by atoms with Crippen LogP contribution in [0, 0.1) is 0 Å². The highest BCUT2D eigenvalue weighted by Crippen LogP contribution is 2.40. The van der Waals surface area contributed by atoms with Crippen molar-refractivity contribution in [3.05, 3.63) is 34.8 Å². The van der Waals surface area contributed by atoms with Crippen LogP contribution in [0.3, 0.4) is 0 Å². The van der Waals surface area contributed by atoms with Crippen molar-refractivity contribution in [2.24, 2.45) is 0 Å². The maximum atomic E-state index is 11.9. The minimum atomic E-state index is -0.400. The minimum absolute atomic E-state index is 0.150. The summed E-state index contributed by atoms with van der Waals surface area (Å²) in [6, 6.07) is 3.76. The van der Waals surface area contributed by atoms with Gasteiger partial charge in [-0.25, -0.2) is 4.98 Å². The quantitative estimate of drug-likeness (QED) is 0.805. The molecule has 1 aromatic heterocycles. The first kappa shape index (κ1) is 12.0. The molecule has 6 heteroatoms. The Morgan fingerprint density at radius 2 is 1.95 bits per heavy atom. The fraction of sp³-hybridized carbons (Fsp3) is 0.231. The van der Waals surface area contributed by atoms with E-state index in [-0.39, 0.29) is 17.1 Å². The number of carbonyl (C=O) groups is 1. The third-order valence-corrected chi connectivity index (χ3v) is 3.68. The summed E-state index contributed by atoms with van der Waals surface area (Å²) < 4.78 is 0. The van der Waals surface area contributed by atoms with E-state index in [1.54, 1.807) is 0 Å². The second-order valence-corrected chi connectivity index (χ2v) is 5.40. The van der Waals surface area contributed by atoms with Gasteiger partial charge in [0.25, 0.3) is 5.91 Å². The monoisotopic (exact) mass is 276 g/mol. The third kappa shape index (κ3) is 2.68. The highest BCUT2D eigenvalue weighted by Gasteiger charge is 2.26. The van der Waals surface area contributed by atoms with E-state index in [4.69, 9.17) is 0 Å². The summed E-state index contributed by atoms with van der Waals surface area (Å²) in [5, 5.41) is 23.8. The van der Waals surface area contributed by atoms with Crippen molar-refractivity contribution in [1.29, 1.82) is 0 Å². The molecule has 1 aliphatic carbocycles. The molecule has 0 saturated heterocycles. The number of anilines is 1. The van der Waals surface area contributed by atoms with Crippen LogP contribution in [0.15, 0.2) is 23.6 Å². The van der Waals surface area contributed by atoms with Crippen molar-refractivity contribution >= 4 is 22.4 Å². The van der Waals surface area contributed by atoms with Gasteiger partial charge in [-0.15, -0.1) is 11.3 Å². The molecule has 1 aliphatic rings. The lowest BCUT2D eigenvalue weighted by Crippen LogP contribution is -2.11. The van der Waals surface area contributed by atoms with Crippen LogP contribution in [0.2, 0.25) is 0 Å². The number of phenolic OH excluding ortho intramolecular Hbond substituents is 2. The number of benzene rings is 1. The number of carbonyl (C=O) groups excluding carboxylic acids is 1. The first-order valence-electron chi connectivity index (χ1n) is 5.91. The van der Waals surface area contributed by atoms with Crippen LogP contribution in [-0.2, 0) is 0 Å². The molecule has 3 rings (SSSR count). The van der Waals surface area contributed by atoms with Gasteiger partial charge in [0, 0.05) is 22.9 Å². The molecular weight excluding hydrogens is 264 g/mol. The van der Waals surface area contributed by atoms with E-state index in [1.807, 2.05) is 5.38 Å². The average Bonchev–Trinajstić information content (AvgIpc) is 3.09. The number of hydrogen-bond acceptors (Lipinski definition) is 5. The number of hydrogen-bond donors (Lipinski definition) is 3. The van der Waals surface area contributed by atoms with Crippen LogP contribution in [0.1, 0.15) is 34.8 Å². The van der Waals surface area contributed by atoms with Gasteiger partial charge in [0.1, 0.15) is 11.5 Å². The SMILES string of the molecule is O=C(Nc1nc(C2CC2)cs1)c1cc(O)cc(O)c1. The molecule has 0 unspecified atom stereocenters. The van der Waals surface area contributed by atoms with E-state index in [2.05, 4.69) is 10.3 Å². The van der Waals surface area contributed by atoms with Gasteiger partial charge in [0.2, 0.25) is 0 Å². The van der Waals surface area contributed by atoms with Crippen LogP contribution in [0.4, 0.5) is 5.13 Å². The molecule has 1 fully saturated rings. The molecular formula is C13H12N2O3S. The zero-order valence-electron chi connectivity index (χ0n) is 9.96. The van der Waals surface area contributed by atoms with Gasteiger partial charge < -0.3 is 10.2 Å². The Hall–Kier alpha value is -2.08. The normalized spacial score (nSPS) is 14.3. The molecule has 1 saturated carbocycles. The Bertz CT molecular complexity index is 614. The van der Waals surface area contributed by atoms with Crippen LogP contribution < -0.4 is 5.32 Å². The highest BCUT2D eigenvalue weighted by atomic mass is 32.1. The Kier molecular flexibility index (Phi) is 2.87. The number of rotatable bonds is 3. The van der Waals surface area contributed by atoms with Crippen molar-refractivity contribution in [1.82, 2.24) is 4.98 Å². The van der Waals surface area contributed by atoms with E-state index >= 15 is 0 Å². The van der Waals surface area contributed by atoms with Gasteiger partial charge in [-0.2, -0.15) is 0 Å². The molecule has 0 atom stereocenters. The lowest BCUT2D eigenvalue weighted by atomic mass is 10.2.